The number of rotatable bonds is 3. The SMILES string of the molecule is O=C(N[C@H]1CCCc2nc(-c3cccnc3)ncc21)c1c[nH]c(=O)cc1O. The number of aromatic nitrogens is 4. The van der Waals surface area contributed by atoms with Crippen LogP contribution < -0.4 is 10.9 Å². The zero-order valence-electron chi connectivity index (χ0n) is 14.3. The van der Waals surface area contributed by atoms with E-state index in [1.165, 1.54) is 6.20 Å². The molecule has 1 atom stereocenters. The molecular weight excluding hydrogens is 346 g/mol. The van der Waals surface area contributed by atoms with Gasteiger partial charge in [-0.25, -0.2) is 9.97 Å². The number of pyridine rings is 2. The van der Waals surface area contributed by atoms with Crippen molar-refractivity contribution in [1.29, 1.82) is 0 Å². The summed E-state index contributed by atoms with van der Waals surface area (Å²) < 4.78 is 0. The van der Waals surface area contributed by atoms with E-state index < -0.39 is 11.5 Å². The Balaban J connectivity index is 1.60. The van der Waals surface area contributed by atoms with Crippen molar-refractivity contribution in [3.8, 4) is 17.1 Å². The topological polar surface area (TPSA) is 121 Å². The Morgan fingerprint density at radius 2 is 2.22 bits per heavy atom. The summed E-state index contributed by atoms with van der Waals surface area (Å²) in [6.07, 6.45) is 8.78. The number of carbonyl (C=O) groups excluding carboxylic acids is 1. The molecule has 0 spiro atoms. The summed E-state index contributed by atoms with van der Waals surface area (Å²) >= 11 is 0. The lowest BCUT2D eigenvalue weighted by atomic mass is 9.92. The number of aryl methyl sites for hydroxylation is 1. The van der Waals surface area contributed by atoms with Gasteiger partial charge in [-0.3, -0.25) is 14.6 Å². The van der Waals surface area contributed by atoms with E-state index in [1.807, 2.05) is 12.1 Å². The Bertz CT molecular complexity index is 1050. The summed E-state index contributed by atoms with van der Waals surface area (Å²) in [5.74, 6) is -0.208. The molecule has 4 rings (SSSR count). The maximum Gasteiger partial charge on any atom is 0.257 e. The molecule has 0 aliphatic heterocycles. The smallest absolute Gasteiger partial charge is 0.257 e. The fourth-order valence-corrected chi connectivity index (χ4v) is 3.21. The Labute approximate surface area is 154 Å². The minimum Gasteiger partial charge on any atom is -0.507 e. The van der Waals surface area contributed by atoms with Gasteiger partial charge in [0.15, 0.2) is 5.82 Å². The molecule has 1 amide bonds. The van der Waals surface area contributed by atoms with Gasteiger partial charge in [0.05, 0.1) is 11.6 Å². The second-order valence-electron chi connectivity index (χ2n) is 6.35. The van der Waals surface area contributed by atoms with Crippen LogP contribution in [0.3, 0.4) is 0 Å². The van der Waals surface area contributed by atoms with E-state index in [0.717, 1.165) is 42.1 Å². The van der Waals surface area contributed by atoms with Crippen LogP contribution in [0.5, 0.6) is 5.75 Å². The molecule has 3 aromatic heterocycles. The molecule has 1 aliphatic carbocycles. The van der Waals surface area contributed by atoms with Crippen LogP contribution in [0.25, 0.3) is 11.4 Å². The predicted octanol–water partition coefficient (Wildman–Crippen LogP) is 1.74. The summed E-state index contributed by atoms with van der Waals surface area (Å²) in [6, 6.07) is 4.45. The number of nitrogens with zero attached hydrogens (tertiary/aromatic N) is 3. The third-order valence-electron chi connectivity index (χ3n) is 4.55. The van der Waals surface area contributed by atoms with Crippen molar-refractivity contribution < 1.29 is 9.90 Å². The Morgan fingerprint density at radius 3 is 3.00 bits per heavy atom. The predicted molar refractivity (Wildman–Crippen MR) is 97.1 cm³/mol. The lowest BCUT2D eigenvalue weighted by Crippen LogP contribution is -2.32. The van der Waals surface area contributed by atoms with E-state index in [9.17, 15) is 14.7 Å². The molecule has 3 aromatic rings. The highest BCUT2D eigenvalue weighted by atomic mass is 16.3. The fraction of sp³-hybridized carbons (Fsp3) is 0.211. The summed E-state index contributed by atoms with van der Waals surface area (Å²) in [7, 11) is 0. The second-order valence-corrected chi connectivity index (χ2v) is 6.35. The van der Waals surface area contributed by atoms with E-state index in [-0.39, 0.29) is 17.4 Å². The highest BCUT2D eigenvalue weighted by Crippen LogP contribution is 2.30. The van der Waals surface area contributed by atoms with Crippen LogP contribution in [0.15, 0.2) is 47.8 Å². The zero-order valence-corrected chi connectivity index (χ0v) is 14.3. The summed E-state index contributed by atoms with van der Waals surface area (Å²) in [4.78, 5) is 39.3. The third-order valence-corrected chi connectivity index (χ3v) is 4.55. The van der Waals surface area contributed by atoms with Gasteiger partial charge in [-0.2, -0.15) is 0 Å². The van der Waals surface area contributed by atoms with Gasteiger partial charge in [0.1, 0.15) is 5.75 Å². The van der Waals surface area contributed by atoms with E-state index in [0.29, 0.717) is 5.82 Å². The van der Waals surface area contributed by atoms with Crippen molar-refractivity contribution in [2.45, 2.75) is 25.3 Å². The number of fused-ring (bicyclic) bond motifs is 1. The van der Waals surface area contributed by atoms with Crippen molar-refractivity contribution in [2.24, 2.45) is 0 Å². The number of hydrogen-bond acceptors (Lipinski definition) is 6. The van der Waals surface area contributed by atoms with Gasteiger partial charge in [-0.1, -0.05) is 0 Å². The van der Waals surface area contributed by atoms with E-state index in [4.69, 9.17) is 0 Å². The van der Waals surface area contributed by atoms with E-state index >= 15 is 0 Å². The van der Waals surface area contributed by atoms with Gasteiger partial charge in [-0.05, 0) is 31.4 Å². The first-order chi connectivity index (χ1) is 13.1. The third kappa shape index (κ3) is 3.41. The molecular formula is C19H17N5O3. The quantitative estimate of drug-likeness (QED) is 0.652. The summed E-state index contributed by atoms with van der Waals surface area (Å²) in [5.41, 5.74) is 2.15. The lowest BCUT2D eigenvalue weighted by molar-refractivity contribution is 0.0929. The van der Waals surface area contributed by atoms with Gasteiger partial charge < -0.3 is 15.4 Å². The van der Waals surface area contributed by atoms with Crippen LogP contribution in [0.4, 0.5) is 0 Å². The van der Waals surface area contributed by atoms with Crippen LogP contribution in [0, 0.1) is 0 Å². The second kappa shape index (κ2) is 6.99. The first-order valence-corrected chi connectivity index (χ1v) is 8.60. The number of amides is 1. The first-order valence-electron chi connectivity index (χ1n) is 8.60. The van der Waals surface area contributed by atoms with E-state index in [1.54, 1.807) is 18.6 Å². The number of nitrogens with one attached hydrogen (secondary N) is 2. The molecule has 8 heteroatoms. The average molecular weight is 363 g/mol. The molecule has 0 aromatic carbocycles. The number of aromatic amines is 1. The standard InChI is InChI=1S/C19H17N5O3/c25-16-7-17(26)21-10-13(16)19(27)24-15-5-1-4-14-12(15)9-22-18(23-14)11-3-2-6-20-8-11/h2-3,6-10,15H,1,4-5H2,(H,24,27)(H2,21,25,26)/t15-/m0/s1. The molecule has 0 unspecified atom stereocenters. The maximum absolute atomic E-state index is 12.5. The lowest BCUT2D eigenvalue weighted by Gasteiger charge is -2.25. The monoisotopic (exact) mass is 363 g/mol. The van der Waals surface area contributed by atoms with Crippen LogP contribution in [0.2, 0.25) is 0 Å². The van der Waals surface area contributed by atoms with Crippen molar-refractivity contribution in [2.75, 3.05) is 0 Å². The zero-order chi connectivity index (χ0) is 18.8. The first kappa shape index (κ1) is 16.9. The van der Waals surface area contributed by atoms with Crippen molar-refractivity contribution in [3.63, 3.8) is 0 Å². The Hall–Kier alpha value is -3.55. The molecule has 27 heavy (non-hydrogen) atoms. The van der Waals surface area contributed by atoms with Crippen LogP contribution in [-0.2, 0) is 6.42 Å². The van der Waals surface area contributed by atoms with Crippen LogP contribution in [-0.4, -0.2) is 30.9 Å². The van der Waals surface area contributed by atoms with Crippen LogP contribution >= 0.6 is 0 Å². The minimum atomic E-state index is -0.469. The largest absolute Gasteiger partial charge is 0.507 e. The normalized spacial score (nSPS) is 15.8. The molecule has 1 aliphatic rings. The van der Waals surface area contributed by atoms with Crippen molar-refractivity contribution in [3.05, 3.63) is 70.2 Å². The average Bonchev–Trinajstić information content (AvgIpc) is 2.68. The van der Waals surface area contributed by atoms with Gasteiger partial charge in [0, 0.05) is 47.7 Å². The highest BCUT2D eigenvalue weighted by molar-refractivity contribution is 5.96. The van der Waals surface area contributed by atoms with Gasteiger partial charge >= 0.3 is 0 Å². The molecule has 8 nitrogen and oxygen atoms in total. The minimum absolute atomic E-state index is 0.0228. The van der Waals surface area contributed by atoms with Crippen LogP contribution in [0.1, 0.15) is 40.5 Å². The number of H-pyrrole nitrogens is 1. The Morgan fingerprint density at radius 1 is 1.33 bits per heavy atom. The molecule has 136 valence electrons. The number of carbonyl (C=O) groups is 1. The van der Waals surface area contributed by atoms with Crippen molar-refractivity contribution >= 4 is 5.91 Å². The van der Waals surface area contributed by atoms with E-state index in [2.05, 4.69) is 25.3 Å². The van der Waals surface area contributed by atoms with Gasteiger partial charge in [0.25, 0.3) is 11.5 Å². The molecule has 0 saturated heterocycles. The summed E-state index contributed by atoms with van der Waals surface area (Å²) in [6.45, 7) is 0. The molecule has 3 heterocycles. The summed E-state index contributed by atoms with van der Waals surface area (Å²) in [5, 5.41) is 12.7. The number of hydrogen-bond donors (Lipinski definition) is 3. The molecule has 3 N–H and O–H groups in total. The highest BCUT2D eigenvalue weighted by Gasteiger charge is 2.25. The van der Waals surface area contributed by atoms with Gasteiger partial charge in [-0.15, -0.1) is 0 Å². The molecule has 0 fully saturated rings. The number of aromatic hydroxyl groups is 1. The molecule has 0 bridgehead atoms. The fourth-order valence-electron chi connectivity index (χ4n) is 3.21. The Kier molecular flexibility index (Phi) is 4.37. The van der Waals surface area contributed by atoms with Crippen molar-refractivity contribution in [1.82, 2.24) is 25.3 Å². The van der Waals surface area contributed by atoms with Gasteiger partial charge in [0.2, 0.25) is 0 Å². The maximum atomic E-state index is 12.5. The molecule has 0 saturated carbocycles. The molecule has 0 radical (unpaired) electrons.